The molecule has 0 aromatic rings. The first-order valence-corrected chi connectivity index (χ1v) is 7.23. The van der Waals surface area contributed by atoms with Crippen molar-refractivity contribution in [2.45, 2.75) is 63.5 Å². The zero-order chi connectivity index (χ0) is 11.2. The molecule has 1 heterocycles. The molecule has 0 radical (unpaired) electrons. The van der Waals surface area contributed by atoms with Crippen LogP contribution in [0.15, 0.2) is 0 Å². The Hall–Kier alpha value is -0.0800. The first kappa shape index (κ1) is 11.0. The fourth-order valence-corrected chi connectivity index (χ4v) is 4.89. The molecule has 0 amide bonds. The Balaban J connectivity index is 1.84. The van der Waals surface area contributed by atoms with Gasteiger partial charge in [0.1, 0.15) is 0 Å². The third-order valence-corrected chi connectivity index (χ3v) is 5.67. The van der Waals surface area contributed by atoms with Gasteiger partial charge >= 0.3 is 0 Å². The molecule has 0 aromatic carbocycles. The lowest BCUT2D eigenvalue weighted by Crippen LogP contribution is -2.61. The Kier molecular flexibility index (Phi) is 2.75. The minimum atomic E-state index is 0.406. The van der Waals surface area contributed by atoms with Gasteiger partial charge < -0.3 is 5.73 Å². The molecule has 2 aliphatic carbocycles. The van der Waals surface area contributed by atoms with Crippen molar-refractivity contribution in [3.05, 3.63) is 0 Å². The van der Waals surface area contributed by atoms with Gasteiger partial charge in [-0.05, 0) is 57.4 Å². The third kappa shape index (κ3) is 1.46. The molecule has 16 heavy (non-hydrogen) atoms. The van der Waals surface area contributed by atoms with E-state index in [9.17, 15) is 0 Å². The summed E-state index contributed by atoms with van der Waals surface area (Å²) in [4.78, 5) is 2.81. The molecule has 2 bridgehead atoms. The number of rotatable bonds is 2. The lowest BCUT2D eigenvalue weighted by atomic mass is 9.77. The third-order valence-electron chi connectivity index (χ3n) is 5.67. The van der Waals surface area contributed by atoms with Crippen LogP contribution in [0, 0.1) is 11.8 Å². The Morgan fingerprint density at radius 2 is 2.12 bits per heavy atom. The Morgan fingerprint density at radius 1 is 1.25 bits per heavy atom. The van der Waals surface area contributed by atoms with Gasteiger partial charge in [-0.2, -0.15) is 0 Å². The maximum absolute atomic E-state index is 6.21. The molecule has 4 atom stereocenters. The monoisotopic (exact) mass is 222 g/mol. The summed E-state index contributed by atoms with van der Waals surface area (Å²) in [5, 5.41) is 0. The summed E-state index contributed by atoms with van der Waals surface area (Å²) in [6.07, 6.45) is 10.0. The predicted molar refractivity (Wildman–Crippen MR) is 67.3 cm³/mol. The van der Waals surface area contributed by atoms with Crippen molar-refractivity contribution < 1.29 is 0 Å². The number of nitrogens with two attached hydrogens (primary N) is 1. The van der Waals surface area contributed by atoms with Gasteiger partial charge in [-0.25, -0.2) is 0 Å². The Bertz CT molecular complexity index is 265. The van der Waals surface area contributed by atoms with Crippen molar-refractivity contribution in [3.8, 4) is 0 Å². The van der Waals surface area contributed by atoms with Crippen molar-refractivity contribution in [1.82, 2.24) is 4.90 Å². The van der Waals surface area contributed by atoms with Gasteiger partial charge in [0.25, 0.3) is 0 Å². The number of hydrogen-bond acceptors (Lipinski definition) is 2. The summed E-state index contributed by atoms with van der Waals surface area (Å²) in [7, 11) is 0. The first-order chi connectivity index (χ1) is 7.76. The molecule has 0 aromatic heterocycles. The van der Waals surface area contributed by atoms with Crippen molar-refractivity contribution in [2.24, 2.45) is 17.6 Å². The second-order valence-corrected chi connectivity index (χ2v) is 6.43. The molecule has 2 nitrogen and oxygen atoms in total. The summed E-state index contributed by atoms with van der Waals surface area (Å²) in [6.45, 7) is 4.63. The topological polar surface area (TPSA) is 29.3 Å². The van der Waals surface area contributed by atoms with Crippen molar-refractivity contribution in [2.75, 3.05) is 13.1 Å². The van der Waals surface area contributed by atoms with E-state index >= 15 is 0 Å². The van der Waals surface area contributed by atoms with Crippen LogP contribution in [0.4, 0.5) is 0 Å². The Morgan fingerprint density at radius 3 is 2.69 bits per heavy atom. The van der Waals surface area contributed by atoms with Gasteiger partial charge in [0.05, 0.1) is 0 Å². The van der Waals surface area contributed by atoms with Crippen LogP contribution >= 0.6 is 0 Å². The lowest BCUT2D eigenvalue weighted by molar-refractivity contribution is -0.00831. The lowest BCUT2D eigenvalue weighted by Gasteiger charge is -2.51. The van der Waals surface area contributed by atoms with Crippen LogP contribution < -0.4 is 5.73 Å². The molecule has 2 saturated carbocycles. The molecule has 3 rings (SSSR count). The fourth-order valence-electron chi connectivity index (χ4n) is 4.89. The maximum Gasteiger partial charge on any atom is 0.0365 e. The van der Waals surface area contributed by atoms with Crippen molar-refractivity contribution in [1.29, 1.82) is 0 Å². The van der Waals surface area contributed by atoms with E-state index in [0.29, 0.717) is 5.54 Å². The zero-order valence-electron chi connectivity index (χ0n) is 10.6. The normalized spacial score (nSPS) is 48.8. The van der Waals surface area contributed by atoms with E-state index in [2.05, 4.69) is 11.8 Å². The SMILES string of the molecule is CC1CCCCN1C1(CN)CC2CCC1C2. The highest BCUT2D eigenvalue weighted by Gasteiger charge is 2.54. The number of nitrogens with zero attached hydrogens (tertiary/aromatic N) is 1. The quantitative estimate of drug-likeness (QED) is 0.777. The van der Waals surface area contributed by atoms with Gasteiger partial charge in [0.2, 0.25) is 0 Å². The molecular formula is C14H26N2. The minimum Gasteiger partial charge on any atom is -0.329 e. The van der Waals surface area contributed by atoms with Gasteiger partial charge in [-0.15, -0.1) is 0 Å². The van der Waals surface area contributed by atoms with Gasteiger partial charge in [0, 0.05) is 18.1 Å². The molecule has 3 aliphatic rings. The molecule has 0 spiro atoms. The first-order valence-electron chi connectivity index (χ1n) is 7.23. The van der Waals surface area contributed by atoms with Gasteiger partial charge in [-0.1, -0.05) is 12.8 Å². The number of fused-ring (bicyclic) bond motifs is 2. The van der Waals surface area contributed by atoms with E-state index in [1.54, 1.807) is 0 Å². The van der Waals surface area contributed by atoms with E-state index < -0.39 is 0 Å². The molecule has 1 aliphatic heterocycles. The molecule has 92 valence electrons. The Labute approximate surface area is 99.6 Å². The second-order valence-electron chi connectivity index (χ2n) is 6.43. The summed E-state index contributed by atoms with van der Waals surface area (Å²) in [5.41, 5.74) is 6.61. The molecule has 2 N–H and O–H groups in total. The van der Waals surface area contributed by atoms with E-state index in [0.717, 1.165) is 24.4 Å². The second kappa shape index (κ2) is 3.99. The highest BCUT2D eigenvalue weighted by atomic mass is 15.3. The van der Waals surface area contributed by atoms with Crippen LogP contribution in [0.1, 0.15) is 51.9 Å². The number of piperidine rings is 1. The largest absolute Gasteiger partial charge is 0.329 e. The van der Waals surface area contributed by atoms with Crippen molar-refractivity contribution >= 4 is 0 Å². The highest BCUT2D eigenvalue weighted by molar-refractivity contribution is 5.09. The van der Waals surface area contributed by atoms with Crippen LogP contribution in [0.2, 0.25) is 0 Å². The highest BCUT2D eigenvalue weighted by Crippen LogP contribution is 2.54. The summed E-state index contributed by atoms with van der Waals surface area (Å²) in [5.74, 6) is 1.92. The van der Waals surface area contributed by atoms with Gasteiger partial charge in [0.15, 0.2) is 0 Å². The van der Waals surface area contributed by atoms with E-state index in [4.69, 9.17) is 5.73 Å². The maximum atomic E-state index is 6.21. The van der Waals surface area contributed by atoms with Crippen LogP contribution in [0.3, 0.4) is 0 Å². The van der Waals surface area contributed by atoms with E-state index in [1.165, 1.54) is 51.5 Å². The van der Waals surface area contributed by atoms with Crippen LogP contribution in [0.5, 0.6) is 0 Å². The van der Waals surface area contributed by atoms with Crippen LogP contribution in [0.25, 0.3) is 0 Å². The smallest absolute Gasteiger partial charge is 0.0365 e. The van der Waals surface area contributed by atoms with E-state index in [-0.39, 0.29) is 0 Å². The van der Waals surface area contributed by atoms with Crippen molar-refractivity contribution in [3.63, 3.8) is 0 Å². The number of hydrogen-bond donors (Lipinski definition) is 1. The minimum absolute atomic E-state index is 0.406. The number of likely N-dealkylation sites (tertiary alicyclic amines) is 1. The van der Waals surface area contributed by atoms with Gasteiger partial charge in [-0.3, -0.25) is 4.90 Å². The van der Waals surface area contributed by atoms with Crippen LogP contribution in [-0.4, -0.2) is 29.6 Å². The molecule has 4 unspecified atom stereocenters. The van der Waals surface area contributed by atoms with Crippen LogP contribution in [-0.2, 0) is 0 Å². The summed E-state index contributed by atoms with van der Waals surface area (Å²) < 4.78 is 0. The standard InChI is InChI=1S/C14H26N2/c1-11-4-2-3-7-16(11)14(10-15)9-12-5-6-13(14)8-12/h11-13H,2-10,15H2,1H3. The summed E-state index contributed by atoms with van der Waals surface area (Å²) >= 11 is 0. The molecule has 1 saturated heterocycles. The average molecular weight is 222 g/mol. The summed E-state index contributed by atoms with van der Waals surface area (Å²) in [6, 6.07) is 0.775. The fraction of sp³-hybridized carbons (Fsp3) is 1.00. The van der Waals surface area contributed by atoms with E-state index in [1.807, 2.05) is 0 Å². The molecular weight excluding hydrogens is 196 g/mol. The zero-order valence-corrected chi connectivity index (χ0v) is 10.6. The molecule has 2 heteroatoms. The molecule has 3 fully saturated rings. The predicted octanol–water partition coefficient (Wildman–Crippen LogP) is 2.38. The average Bonchev–Trinajstić information content (AvgIpc) is 2.90.